The maximum atomic E-state index is 12.7. The second-order valence-corrected chi connectivity index (χ2v) is 7.84. The van der Waals surface area contributed by atoms with Crippen LogP contribution < -0.4 is 11.1 Å². The Bertz CT molecular complexity index is 673. The van der Waals surface area contributed by atoms with Crippen molar-refractivity contribution in [2.24, 2.45) is 5.73 Å². The molecule has 0 saturated carbocycles. The maximum Gasteiger partial charge on any atom is 0.242 e. The first-order valence-corrected chi connectivity index (χ1v) is 9.08. The van der Waals surface area contributed by atoms with Gasteiger partial charge in [-0.15, -0.1) is 0 Å². The van der Waals surface area contributed by atoms with Gasteiger partial charge < -0.3 is 21.1 Å². The number of piperazine rings is 1. The van der Waals surface area contributed by atoms with E-state index in [1.807, 2.05) is 30.3 Å². The zero-order valence-corrected chi connectivity index (χ0v) is 15.4. The van der Waals surface area contributed by atoms with E-state index in [2.05, 4.69) is 10.2 Å². The number of nitrogens with one attached hydrogen (secondary N) is 1. The van der Waals surface area contributed by atoms with Crippen LogP contribution >= 0.6 is 0 Å². The van der Waals surface area contributed by atoms with Crippen LogP contribution in [0.2, 0.25) is 0 Å². The topological polar surface area (TPSA) is 98.9 Å². The predicted octanol–water partition coefficient (Wildman–Crippen LogP) is -0.312. The van der Waals surface area contributed by atoms with Crippen LogP contribution in [0.4, 0.5) is 0 Å². The van der Waals surface area contributed by atoms with E-state index < -0.39 is 17.2 Å². The van der Waals surface area contributed by atoms with Crippen LogP contribution in [0.3, 0.4) is 0 Å². The monoisotopic (exact) mass is 360 g/mol. The minimum Gasteiger partial charge on any atom is -0.388 e. The maximum absolute atomic E-state index is 12.7. The molecule has 2 fully saturated rings. The minimum absolute atomic E-state index is 0.0391. The number of aliphatic hydroxyl groups is 1. The number of amides is 2. The average Bonchev–Trinajstić information content (AvgIpc) is 2.96. The second-order valence-electron chi connectivity index (χ2n) is 7.84. The van der Waals surface area contributed by atoms with Gasteiger partial charge in [0, 0.05) is 32.7 Å². The first kappa shape index (κ1) is 18.8. The number of hydrogen-bond donors (Lipinski definition) is 3. The molecule has 2 atom stereocenters. The lowest BCUT2D eigenvalue weighted by molar-refractivity contribution is -0.148. The van der Waals surface area contributed by atoms with Crippen LogP contribution in [-0.4, -0.2) is 70.1 Å². The van der Waals surface area contributed by atoms with Crippen LogP contribution in [0.1, 0.15) is 25.8 Å². The molecule has 0 radical (unpaired) electrons. The summed E-state index contributed by atoms with van der Waals surface area (Å²) < 4.78 is 0. The SMILES string of the molecule is CC(C)(O)[C@H](N)C(=O)N1CCN(Cc2ccccc2)C2(CCNC2=O)C1. The summed E-state index contributed by atoms with van der Waals surface area (Å²) in [7, 11) is 0. The number of carbonyl (C=O) groups excluding carboxylic acids is 2. The number of nitrogens with zero attached hydrogens (tertiary/aromatic N) is 2. The molecular weight excluding hydrogens is 332 g/mol. The summed E-state index contributed by atoms with van der Waals surface area (Å²) in [6.45, 7) is 5.70. The van der Waals surface area contributed by atoms with Gasteiger partial charge in [0.2, 0.25) is 11.8 Å². The van der Waals surface area contributed by atoms with Crippen LogP contribution in [0.25, 0.3) is 0 Å². The van der Waals surface area contributed by atoms with Crippen molar-refractivity contribution >= 4 is 11.8 Å². The van der Waals surface area contributed by atoms with E-state index in [1.165, 1.54) is 13.8 Å². The lowest BCUT2D eigenvalue weighted by Gasteiger charge is -2.48. The van der Waals surface area contributed by atoms with Crippen molar-refractivity contribution in [2.45, 2.75) is 44.0 Å². The van der Waals surface area contributed by atoms with Crippen molar-refractivity contribution in [3.05, 3.63) is 35.9 Å². The fourth-order valence-corrected chi connectivity index (χ4v) is 3.78. The third-order valence-electron chi connectivity index (χ3n) is 5.50. The first-order chi connectivity index (χ1) is 12.2. The molecule has 2 aliphatic rings. The number of carbonyl (C=O) groups is 2. The van der Waals surface area contributed by atoms with Crippen LogP contribution in [-0.2, 0) is 16.1 Å². The zero-order valence-electron chi connectivity index (χ0n) is 15.4. The van der Waals surface area contributed by atoms with Crippen molar-refractivity contribution < 1.29 is 14.7 Å². The van der Waals surface area contributed by atoms with E-state index in [0.29, 0.717) is 39.1 Å². The molecule has 4 N–H and O–H groups in total. The third kappa shape index (κ3) is 3.47. The van der Waals surface area contributed by atoms with Gasteiger partial charge in [-0.2, -0.15) is 0 Å². The van der Waals surface area contributed by atoms with Gasteiger partial charge in [-0.25, -0.2) is 0 Å². The molecule has 0 aromatic heterocycles. The summed E-state index contributed by atoms with van der Waals surface area (Å²) in [5, 5.41) is 13.0. The zero-order chi connectivity index (χ0) is 18.9. The molecule has 1 aromatic rings. The lowest BCUT2D eigenvalue weighted by Crippen LogP contribution is -2.68. The number of rotatable bonds is 4. The highest BCUT2D eigenvalue weighted by Gasteiger charge is 2.52. The second kappa shape index (κ2) is 6.98. The van der Waals surface area contributed by atoms with Gasteiger partial charge in [-0.3, -0.25) is 14.5 Å². The van der Waals surface area contributed by atoms with Crippen molar-refractivity contribution in [2.75, 3.05) is 26.2 Å². The Labute approximate surface area is 154 Å². The van der Waals surface area contributed by atoms with Gasteiger partial charge in [0.1, 0.15) is 11.6 Å². The van der Waals surface area contributed by atoms with Crippen molar-refractivity contribution in [1.29, 1.82) is 0 Å². The molecule has 1 unspecified atom stereocenters. The number of nitrogens with two attached hydrogens (primary N) is 1. The number of hydrogen-bond acceptors (Lipinski definition) is 5. The molecule has 2 aliphatic heterocycles. The highest BCUT2D eigenvalue weighted by molar-refractivity contribution is 5.90. The van der Waals surface area contributed by atoms with Crippen LogP contribution in [0, 0.1) is 0 Å². The fourth-order valence-electron chi connectivity index (χ4n) is 3.78. The molecule has 142 valence electrons. The van der Waals surface area contributed by atoms with Gasteiger partial charge in [-0.05, 0) is 25.8 Å². The van der Waals surface area contributed by atoms with Crippen molar-refractivity contribution in [3.8, 4) is 0 Å². The smallest absolute Gasteiger partial charge is 0.242 e. The van der Waals surface area contributed by atoms with Gasteiger partial charge in [-0.1, -0.05) is 30.3 Å². The van der Waals surface area contributed by atoms with Crippen molar-refractivity contribution in [3.63, 3.8) is 0 Å². The Morgan fingerprint density at radius 2 is 2.04 bits per heavy atom. The van der Waals surface area contributed by atoms with E-state index in [-0.39, 0.29) is 11.8 Å². The summed E-state index contributed by atoms with van der Waals surface area (Å²) >= 11 is 0. The Hall–Kier alpha value is -1.96. The van der Waals surface area contributed by atoms with E-state index in [4.69, 9.17) is 5.73 Å². The highest BCUT2D eigenvalue weighted by atomic mass is 16.3. The number of benzene rings is 1. The van der Waals surface area contributed by atoms with E-state index >= 15 is 0 Å². The summed E-state index contributed by atoms with van der Waals surface area (Å²) in [6, 6.07) is 9.02. The van der Waals surface area contributed by atoms with Gasteiger partial charge >= 0.3 is 0 Å². The van der Waals surface area contributed by atoms with E-state index in [1.54, 1.807) is 4.90 Å². The summed E-state index contributed by atoms with van der Waals surface area (Å²) in [6.07, 6.45) is 0.653. The Morgan fingerprint density at radius 1 is 1.35 bits per heavy atom. The van der Waals surface area contributed by atoms with Gasteiger partial charge in [0.15, 0.2) is 0 Å². The summed E-state index contributed by atoms with van der Waals surface area (Å²) in [5.74, 6) is -0.348. The normalized spacial score (nSPS) is 25.4. The molecule has 7 heteroatoms. The third-order valence-corrected chi connectivity index (χ3v) is 5.50. The lowest BCUT2D eigenvalue weighted by atomic mass is 9.89. The molecule has 1 aromatic carbocycles. The minimum atomic E-state index is -1.30. The first-order valence-electron chi connectivity index (χ1n) is 9.08. The molecule has 2 amide bonds. The molecule has 0 bridgehead atoms. The van der Waals surface area contributed by atoms with E-state index in [9.17, 15) is 14.7 Å². The quantitative estimate of drug-likeness (QED) is 0.684. The Morgan fingerprint density at radius 3 is 2.62 bits per heavy atom. The Balaban J connectivity index is 1.81. The largest absolute Gasteiger partial charge is 0.388 e. The molecular formula is C19H28N4O3. The van der Waals surface area contributed by atoms with Gasteiger partial charge in [0.05, 0.1) is 5.60 Å². The predicted molar refractivity (Wildman–Crippen MR) is 98.1 cm³/mol. The Kier molecular flexibility index (Phi) is 5.05. The molecule has 3 rings (SSSR count). The van der Waals surface area contributed by atoms with E-state index in [0.717, 1.165) is 5.56 Å². The average molecular weight is 360 g/mol. The molecule has 7 nitrogen and oxygen atoms in total. The van der Waals surface area contributed by atoms with Crippen LogP contribution in [0.5, 0.6) is 0 Å². The fraction of sp³-hybridized carbons (Fsp3) is 0.579. The highest BCUT2D eigenvalue weighted by Crippen LogP contribution is 2.31. The molecule has 2 heterocycles. The summed E-state index contributed by atoms with van der Waals surface area (Å²) in [5.41, 5.74) is 5.05. The molecule has 0 aliphatic carbocycles. The molecule has 1 spiro atoms. The molecule has 2 saturated heterocycles. The molecule has 26 heavy (non-hydrogen) atoms. The summed E-state index contributed by atoms with van der Waals surface area (Å²) in [4.78, 5) is 29.3. The van der Waals surface area contributed by atoms with Gasteiger partial charge in [0.25, 0.3) is 0 Å². The standard InChI is InChI=1S/C19H28N4O3/c1-18(2,26)15(20)16(24)22-10-11-23(12-14-6-4-3-5-7-14)19(13-22)8-9-21-17(19)25/h3-7,15,26H,8-13,20H2,1-2H3,(H,21,25)/t15-,19?/m1/s1. The van der Waals surface area contributed by atoms with Crippen LogP contribution in [0.15, 0.2) is 30.3 Å². The van der Waals surface area contributed by atoms with Crippen molar-refractivity contribution in [1.82, 2.24) is 15.1 Å².